The molecule has 0 bridgehead atoms. The van der Waals surface area contributed by atoms with Crippen LogP contribution in [0.25, 0.3) is 0 Å². The van der Waals surface area contributed by atoms with E-state index in [4.69, 9.17) is 15.7 Å². The van der Waals surface area contributed by atoms with Gasteiger partial charge in [-0.1, -0.05) is 29.8 Å². The first-order chi connectivity index (χ1) is 10.0. The van der Waals surface area contributed by atoms with Gasteiger partial charge in [-0.25, -0.2) is 4.39 Å². The minimum absolute atomic E-state index is 0.0952. The largest absolute Gasteiger partial charge is 0.481 e. The van der Waals surface area contributed by atoms with Crippen molar-refractivity contribution in [2.45, 2.75) is 26.0 Å². The van der Waals surface area contributed by atoms with Gasteiger partial charge in [-0.3, -0.25) is 0 Å². The SMILES string of the molecule is Cc1cccc(C(Oc2ccc(C#N)cc2F)C(C)N)c1. The van der Waals surface area contributed by atoms with Gasteiger partial charge in [0.2, 0.25) is 0 Å². The van der Waals surface area contributed by atoms with E-state index in [0.29, 0.717) is 0 Å². The van der Waals surface area contributed by atoms with Crippen LogP contribution in [0.15, 0.2) is 42.5 Å². The monoisotopic (exact) mass is 284 g/mol. The maximum Gasteiger partial charge on any atom is 0.166 e. The third-order valence-corrected chi connectivity index (χ3v) is 3.16. The van der Waals surface area contributed by atoms with Crippen LogP contribution in [0.3, 0.4) is 0 Å². The molecule has 0 aromatic heterocycles. The van der Waals surface area contributed by atoms with Crippen LogP contribution in [0.2, 0.25) is 0 Å². The number of ether oxygens (including phenoxy) is 1. The second-order valence-corrected chi connectivity index (χ2v) is 5.07. The van der Waals surface area contributed by atoms with Crippen LogP contribution in [0.4, 0.5) is 4.39 Å². The number of halogens is 1. The summed E-state index contributed by atoms with van der Waals surface area (Å²) in [4.78, 5) is 0. The molecule has 0 aliphatic rings. The highest BCUT2D eigenvalue weighted by Crippen LogP contribution is 2.27. The number of hydrogen-bond donors (Lipinski definition) is 1. The molecule has 0 spiro atoms. The minimum Gasteiger partial charge on any atom is -0.481 e. The average molecular weight is 284 g/mol. The molecule has 108 valence electrons. The number of nitrogens with zero attached hydrogens (tertiary/aromatic N) is 1. The zero-order valence-electron chi connectivity index (χ0n) is 12.0. The summed E-state index contributed by atoms with van der Waals surface area (Å²) < 4.78 is 19.7. The minimum atomic E-state index is -0.563. The Morgan fingerprint density at radius 1 is 1.24 bits per heavy atom. The van der Waals surface area contributed by atoms with E-state index < -0.39 is 11.9 Å². The molecular formula is C17H17FN2O. The summed E-state index contributed by atoms with van der Waals surface area (Å²) in [5.41, 5.74) is 8.21. The highest BCUT2D eigenvalue weighted by molar-refractivity contribution is 5.37. The Bertz CT molecular complexity index is 677. The van der Waals surface area contributed by atoms with Crippen LogP contribution in [0.5, 0.6) is 5.75 Å². The van der Waals surface area contributed by atoms with Gasteiger partial charge in [0, 0.05) is 6.04 Å². The van der Waals surface area contributed by atoms with E-state index in [2.05, 4.69) is 0 Å². The molecule has 0 fully saturated rings. The lowest BCUT2D eigenvalue weighted by molar-refractivity contribution is 0.172. The van der Waals surface area contributed by atoms with Crippen LogP contribution in [-0.4, -0.2) is 6.04 Å². The third-order valence-electron chi connectivity index (χ3n) is 3.16. The van der Waals surface area contributed by atoms with E-state index >= 15 is 0 Å². The molecule has 0 aliphatic carbocycles. The van der Waals surface area contributed by atoms with Crippen molar-refractivity contribution in [3.05, 3.63) is 65.0 Å². The van der Waals surface area contributed by atoms with Crippen molar-refractivity contribution in [3.8, 4) is 11.8 Å². The van der Waals surface area contributed by atoms with E-state index in [9.17, 15) is 4.39 Å². The molecule has 3 nitrogen and oxygen atoms in total. The molecule has 0 heterocycles. The molecular weight excluding hydrogens is 267 g/mol. The van der Waals surface area contributed by atoms with Crippen LogP contribution in [0, 0.1) is 24.1 Å². The first-order valence-electron chi connectivity index (χ1n) is 6.69. The Labute approximate surface area is 123 Å². The van der Waals surface area contributed by atoms with Crippen molar-refractivity contribution in [1.82, 2.24) is 0 Å². The van der Waals surface area contributed by atoms with Crippen LogP contribution in [-0.2, 0) is 0 Å². The summed E-state index contributed by atoms with van der Waals surface area (Å²) >= 11 is 0. The van der Waals surface area contributed by atoms with Gasteiger partial charge in [0.15, 0.2) is 11.6 Å². The number of hydrogen-bond acceptors (Lipinski definition) is 3. The molecule has 21 heavy (non-hydrogen) atoms. The summed E-state index contributed by atoms with van der Waals surface area (Å²) in [5.74, 6) is -0.467. The van der Waals surface area contributed by atoms with Gasteiger partial charge in [-0.15, -0.1) is 0 Å². The maximum absolute atomic E-state index is 13.9. The second kappa shape index (κ2) is 6.38. The molecule has 2 aromatic rings. The number of benzene rings is 2. The van der Waals surface area contributed by atoms with Gasteiger partial charge in [-0.2, -0.15) is 5.26 Å². The lowest BCUT2D eigenvalue weighted by Gasteiger charge is -2.23. The van der Waals surface area contributed by atoms with Crippen molar-refractivity contribution in [2.75, 3.05) is 0 Å². The van der Waals surface area contributed by atoms with E-state index in [1.165, 1.54) is 12.1 Å². The zero-order valence-corrected chi connectivity index (χ0v) is 12.0. The Morgan fingerprint density at radius 2 is 2.00 bits per heavy atom. The number of aryl methyl sites for hydroxylation is 1. The van der Waals surface area contributed by atoms with Crippen molar-refractivity contribution < 1.29 is 9.13 Å². The Morgan fingerprint density at radius 3 is 2.57 bits per heavy atom. The van der Waals surface area contributed by atoms with Crippen LogP contribution in [0.1, 0.15) is 29.7 Å². The lowest BCUT2D eigenvalue weighted by atomic mass is 10.0. The Kier molecular flexibility index (Phi) is 4.56. The van der Waals surface area contributed by atoms with Crippen molar-refractivity contribution in [3.63, 3.8) is 0 Å². The number of nitriles is 1. The summed E-state index contributed by atoms with van der Waals surface area (Å²) in [6, 6.07) is 13.5. The van der Waals surface area contributed by atoms with Gasteiger partial charge < -0.3 is 10.5 Å². The normalized spacial score (nSPS) is 13.3. The standard InChI is InChI=1S/C17H17FN2O/c1-11-4-3-5-14(8-11)17(12(2)20)21-16-7-6-13(10-19)9-15(16)18/h3-9,12,17H,20H2,1-2H3. The van der Waals surface area contributed by atoms with Crippen molar-refractivity contribution >= 4 is 0 Å². The van der Waals surface area contributed by atoms with Gasteiger partial charge in [0.25, 0.3) is 0 Å². The Balaban J connectivity index is 2.31. The summed E-state index contributed by atoms with van der Waals surface area (Å²) in [6.07, 6.45) is -0.452. The fraction of sp³-hybridized carbons (Fsp3) is 0.235. The summed E-state index contributed by atoms with van der Waals surface area (Å²) in [5, 5.41) is 8.75. The van der Waals surface area contributed by atoms with Crippen molar-refractivity contribution in [1.29, 1.82) is 5.26 Å². The molecule has 0 amide bonds. The predicted molar refractivity (Wildman–Crippen MR) is 79.3 cm³/mol. The third kappa shape index (κ3) is 3.59. The molecule has 2 aromatic carbocycles. The van der Waals surface area contributed by atoms with Crippen LogP contribution >= 0.6 is 0 Å². The molecule has 2 unspecified atom stereocenters. The maximum atomic E-state index is 13.9. The fourth-order valence-corrected chi connectivity index (χ4v) is 2.13. The predicted octanol–water partition coefficient (Wildman–Crippen LogP) is 3.47. The van der Waals surface area contributed by atoms with Gasteiger partial charge in [-0.05, 0) is 37.6 Å². The van der Waals surface area contributed by atoms with E-state index in [1.807, 2.05) is 44.2 Å². The highest BCUT2D eigenvalue weighted by Gasteiger charge is 2.20. The summed E-state index contributed by atoms with van der Waals surface area (Å²) in [7, 11) is 0. The fourth-order valence-electron chi connectivity index (χ4n) is 2.13. The molecule has 4 heteroatoms. The molecule has 0 saturated carbocycles. The van der Waals surface area contributed by atoms with Gasteiger partial charge >= 0.3 is 0 Å². The van der Waals surface area contributed by atoms with Crippen LogP contribution < -0.4 is 10.5 Å². The first kappa shape index (κ1) is 15.0. The molecule has 0 aliphatic heterocycles. The van der Waals surface area contributed by atoms with Gasteiger partial charge in [0.1, 0.15) is 6.10 Å². The quantitative estimate of drug-likeness (QED) is 0.935. The van der Waals surface area contributed by atoms with Gasteiger partial charge in [0.05, 0.1) is 11.6 Å². The topological polar surface area (TPSA) is 59.0 Å². The molecule has 0 saturated heterocycles. The molecule has 2 N–H and O–H groups in total. The number of nitrogens with two attached hydrogens (primary N) is 1. The first-order valence-corrected chi connectivity index (χ1v) is 6.69. The van der Waals surface area contributed by atoms with E-state index in [0.717, 1.165) is 17.2 Å². The number of rotatable bonds is 4. The van der Waals surface area contributed by atoms with E-state index in [1.54, 1.807) is 0 Å². The smallest absolute Gasteiger partial charge is 0.166 e. The van der Waals surface area contributed by atoms with Crippen molar-refractivity contribution in [2.24, 2.45) is 5.73 Å². The molecule has 0 radical (unpaired) electrons. The highest BCUT2D eigenvalue weighted by atomic mass is 19.1. The average Bonchev–Trinajstić information content (AvgIpc) is 2.45. The Hall–Kier alpha value is -2.38. The zero-order chi connectivity index (χ0) is 15.4. The van der Waals surface area contributed by atoms with E-state index in [-0.39, 0.29) is 17.4 Å². The summed E-state index contributed by atoms with van der Waals surface area (Å²) in [6.45, 7) is 3.79. The molecule has 2 rings (SSSR count). The lowest BCUT2D eigenvalue weighted by Crippen LogP contribution is -2.29. The molecule has 2 atom stereocenters. The second-order valence-electron chi connectivity index (χ2n) is 5.07.